The molecule has 0 amide bonds. The Bertz CT molecular complexity index is 842. The van der Waals surface area contributed by atoms with E-state index < -0.39 is 40.2 Å². The van der Waals surface area contributed by atoms with Crippen LogP contribution in [0.4, 0.5) is 0 Å². The van der Waals surface area contributed by atoms with Crippen LogP contribution >= 0.6 is 0 Å². The molecular weight excluding hydrogens is 366 g/mol. The number of aliphatic hydroxyl groups is 3. The standard InChI is InChI=1S/C16H17NO8S/c18-12-13(19)15(25-16(14(12)20)26(21,22)23)24-11-3-1-9(2-4-11)10-5-7-17-8-6-10/h1-8,12-16,18-20H,(H,21,22,23)/t12-,13-,14+,15-,16?/m1/s1. The maximum absolute atomic E-state index is 11.3. The van der Waals surface area contributed by atoms with Crippen LogP contribution in [0.15, 0.2) is 48.8 Å². The highest BCUT2D eigenvalue weighted by Gasteiger charge is 2.50. The zero-order chi connectivity index (χ0) is 18.9. The quantitative estimate of drug-likeness (QED) is 0.526. The Hall–Kier alpha value is -2.08. The monoisotopic (exact) mass is 383 g/mol. The predicted octanol–water partition coefficient (Wildman–Crippen LogP) is -0.220. The molecule has 1 aliphatic heterocycles. The zero-order valence-electron chi connectivity index (χ0n) is 13.3. The molecule has 2 aromatic rings. The van der Waals surface area contributed by atoms with Gasteiger partial charge < -0.3 is 24.8 Å². The van der Waals surface area contributed by atoms with Gasteiger partial charge in [-0.25, -0.2) is 0 Å². The lowest BCUT2D eigenvalue weighted by Gasteiger charge is -2.38. The molecule has 1 saturated heterocycles. The molecular formula is C16H17NO8S. The highest BCUT2D eigenvalue weighted by molar-refractivity contribution is 7.86. The van der Waals surface area contributed by atoms with Gasteiger partial charge in [-0.2, -0.15) is 8.42 Å². The van der Waals surface area contributed by atoms with Crippen molar-refractivity contribution < 1.29 is 37.8 Å². The van der Waals surface area contributed by atoms with Crippen LogP contribution in [-0.2, 0) is 14.9 Å². The van der Waals surface area contributed by atoms with Gasteiger partial charge in [0.1, 0.15) is 24.1 Å². The van der Waals surface area contributed by atoms with Crippen LogP contribution in [-0.4, -0.2) is 63.3 Å². The molecule has 5 atom stereocenters. The van der Waals surface area contributed by atoms with E-state index in [-0.39, 0.29) is 5.75 Å². The normalized spacial score (nSPS) is 29.3. The van der Waals surface area contributed by atoms with Gasteiger partial charge in [-0.05, 0) is 35.4 Å². The number of nitrogens with zero attached hydrogens (tertiary/aromatic N) is 1. The molecule has 0 radical (unpaired) electrons. The fourth-order valence-corrected chi connectivity index (χ4v) is 3.33. The number of benzene rings is 1. The molecule has 3 rings (SSSR count). The first kappa shape index (κ1) is 18.7. The van der Waals surface area contributed by atoms with Crippen LogP contribution < -0.4 is 4.74 Å². The summed E-state index contributed by atoms with van der Waals surface area (Å²) in [6.07, 6.45) is -3.93. The highest BCUT2D eigenvalue weighted by Crippen LogP contribution is 2.28. The Morgan fingerprint density at radius 3 is 2.04 bits per heavy atom. The van der Waals surface area contributed by atoms with Gasteiger partial charge in [0.2, 0.25) is 11.7 Å². The average Bonchev–Trinajstić information content (AvgIpc) is 2.62. The maximum atomic E-state index is 11.3. The van der Waals surface area contributed by atoms with Gasteiger partial charge in [0.25, 0.3) is 10.1 Å². The van der Waals surface area contributed by atoms with E-state index in [1.54, 1.807) is 36.7 Å². The number of aliphatic hydroxyl groups excluding tert-OH is 3. The van der Waals surface area contributed by atoms with Crippen LogP contribution in [0.5, 0.6) is 5.75 Å². The minimum Gasteiger partial charge on any atom is -0.462 e. The lowest BCUT2D eigenvalue weighted by Crippen LogP contribution is -2.61. The molecule has 1 fully saturated rings. The molecule has 26 heavy (non-hydrogen) atoms. The van der Waals surface area contributed by atoms with Crippen LogP contribution in [0.1, 0.15) is 0 Å². The molecule has 1 aromatic carbocycles. The second kappa shape index (κ2) is 7.27. The van der Waals surface area contributed by atoms with E-state index in [1.165, 1.54) is 0 Å². The number of rotatable bonds is 4. The molecule has 0 saturated carbocycles. The van der Waals surface area contributed by atoms with Gasteiger partial charge in [-0.15, -0.1) is 0 Å². The van der Waals surface area contributed by atoms with E-state index in [4.69, 9.17) is 14.0 Å². The molecule has 2 heterocycles. The topological polar surface area (TPSA) is 146 Å². The molecule has 1 aliphatic rings. The predicted molar refractivity (Wildman–Crippen MR) is 88.5 cm³/mol. The van der Waals surface area contributed by atoms with Crippen molar-refractivity contribution in [1.82, 2.24) is 4.98 Å². The maximum Gasteiger partial charge on any atom is 0.295 e. The molecule has 140 valence electrons. The number of hydrogen-bond donors (Lipinski definition) is 4. The Morgan fingerprint density at radius 1 is 0.885 bits per heavy atom. The van der Waals surface area contributed by atoms with E-state index >= 15 is 0 Å². The molecule has 9 nitrogen and oxygen atoms in total. The van der Waals surface area contributed by atoms with Gasteiger partial charge in [0.15, 0.2) is 0 Å². The Morgan fingerprint density at radius 2 is 1.46 bits per heavy atom. The average molecular weight is 383 g/mol. The Kier molecular flexibility index (Phi) is 5.23. The van der Waals surface area contributed by atoms with E-state index in [0.717, 1.165) is 11.1 Å². The fourth-order valence-electron chi connectivity index (χ4n) is 2.57. The molecule has 0 spiro atoms. The first-order chi connectivity index (χ1) is 12.3. The van der Waals surface area contributed by atoms with Crippen LogP contribution in [0.2, 0.25) is 0 Å². The van der Waals surface area contributed by atoms with Crippen LogP contribution in [0, 0.1) is 0 Å². The van der Waals surface area contributed by atoms with Crippen molar-refractivity contribution in [3.8, 4) is 16.9 Å². The highest BCUT2D eigenvalue weighted by atomic mass is 32.2. The van der Waals surface area contributed by atoms with Crippen molar-refractivity contribution in [3.05, 3.63) is 48.8 Å². The molecule has 0 aliphatic carbocycles. The SMILES string of the molecule is O=S(=O)(O)C1O[C@@H](Oc2ccc(-c3ccncc3)cc2)[C@H](O)[C@@H](O)[C@@H]1O. The van der Waals surface area contributed by atoms with E-state index in [2.05, 4.69) is 4.98 Å². The Labute approximate surface area is 149 Å². The number of aromatic nitrogens is 1. The fraction of sp³-hybridized carbons (Fsp3) is 0.312. The summed E-state index contributed by atoms with van der Waals surface area (Å²) in [6, 6.07) is 10.2. The third-order valence-electron chi connectivity index (χ3n) is 3.94. The van der Waals surface area contributed by atoms with Gasteiger partial charge in [-0.3, -0.25) is 9.54 Å². The summed E-state index contributed by atoms with van der Waals surface area (Å²) in [6.45, 7) is 0. The lowest BCUT2D eigenvalue weighted by atomic mass is 10.1. The van der Waals surface area contributed by atoms with Gasteiger partial charge in [-0.1, -0.05) is 12.1 Å². The van der Waals surface area contributed by atoms with Crippen molar-refractivity contribution in [1.29, 1.82) is 0 Å². The van der Waals surface area contributed by atoms with Crippen LogP contribution in [0.25, 0.3) is 11.1 Å². The number of pyridine rings is 1. The second-order valence-corrected chi connectivity index (χ2v) is 7.23. The van der Waals surface area contributed by atoms with Gasteiger partial charge in [0, 0.05) is 12.4 Å². The van der Waals surface area contributed by atoms with Crippen molar-refractivity contribution in [2.45, 2.75) is 30.0 Å². The van der Waals surface area contributed by atoms with E-state index in [0.29, 0.717) is 0 Å². The van der Waals surface area contributed by atoms with E-state index in [1.807, 2.05) is 12.1 Å². The largest absolute Gasteiger partial charge is 0.462 e. The summed E-state index contributed by atoms with van der Waals surface area (Å²) in [5, 5.41) is 29.4. The molecule has 1 unspecified atom stereocenters. The summed E-state index contributed by atoms with van der Waals surface area (Å²) in [7, 11) is -4.83. The molecule has 4 N–H and O–H groups in total. The lowest BCUT2D eigenvalue weighted by molar-refractivity contribution is -0.254. The summed E-state index contributed by atoms with van der Waals surface area (Å²) in [5.74, 6) is 0.226. The summed E-state index contributed by atoms with van der Waals surface area (Å²) < 4.78 is 41.9. The van der Waals surface area contributed by atoms with Crippen molar-refractivity contribution in [2.24, 2.45) is 0 Å². The minimum absolute atomic E-state index is 0.226. The van der Waals surface area contributed by atoms with Gasteiger partial charge in [0.05, 0.1) is 0 Å². The first-order valence-electron chi connectivity index (χ1n) is 7.60. The third kappa shape index (κ3) is 3.85. The smallest absolute Gasteiger partial charge is 0.295 e. The summed E-state index contributed by atoms with van der Waals surface area (Å²) >= 11 is 0. The molecule has 1 aromatic heterocycles. The zero-order valence-corrected chi connectivity index (χ0v) is 14.1. The van der Waals surface area contributed by atoms with Crippen molar-refractivity contribution in [2.75, 3.05) is 0 Å². The summed E-state index contributed by atoms with van der Waals surface area (Å²) in [4.78, 5) is 3.93. The number of hydrogen-bond acceptors (Lipinski definition) is 8. The van der Waals surface area contributed by atoms with Gasteiger partial charge >= 0.3 is 0 Å². The first-order valence-corrected chi connectivity index (χ1v) is 9.11. The van der Waals surface area contributed by atoms with E-state index in [9.17, 15) is 23.7 Å². The molecule has 10 heteroatoms. The van der Waals surface area contributed by atoms with Crippen molar-refractivity contribution >= 4 is 10.1 Å². The summed E-state index contributed by atoms with van der Waals surface area (Å²) in [5.41, 5.74) is -0.344. The second-order valence-electron chi connectivity index (χ2n) is 5.74. The number of ether oxygens (including phenoxy) is 2. The minimum atomic E-state index is -4.83. The third-order valence-corrected chi connectivity index (χ3v) is 4.92. The van der Waals surface area contributed by atoms with Crippen LogP contribution in [0.3, 0.4) is 0 Å². The van der Waals surface area contributed by atoms with Crippen molar-refractivity contribution in [3.63, 3.8) is 0 Å². The Balaban J connectivity index is 1.77. The molecule has 0 bridgehead atoms.